The number of rotatable bonds is 4. The van der Waals surface area contributed by atoms with Crippen LogP contribution in [0.2, 0.25) is 0 Å². The van der Waals surface area contributed by atoms with Crippen molar-refractivity contribution >= 4 is 29.1 Å². The number of carbonyl (C=O) groups is 3. The highest BCUT2D eigenvalue weighted by molar-refractivity contribution is 7.14. The lowest BCUT2D eigenvalue weighted by molar-refractivity contribution is -0.149. The van der Waals surface area contributed by atoms with E-state index in [1.807, 2.05) is 0 Å². The van der Waals surface area contributed by atoms with Crippen LogP contribution in [0.5, 0.6) is 0 Å². The van der Waals surface area contributed by atoms with E-state index < -0.39 is 5.91 Å². The van der Waals surface area contributed by atoms with Crippen LogP contribution in [-0.2, 0) is 22.4 Å². The van der Waals surface area contributed by atoms with Crippen LogP contribution < -0.4 is 5.73 Å². The molecule has 2 heterocycles. The Balaban J connectivity index is 1.77. The Morgan fingerprint density at radius 1 is 1.20 bits per heavy atom. The molecule has 2 N–H and O–H groups in total. The monoisotopic (exact) mass is 364 g/mol. The van der Waals surface area contributed by atoms with Crippen LogP contribution >= 0.6 is 11.3 Å². The first-order chi connectivity index (χ1) is 12.0. The number of fused-ring (bicyclic) bond motifs is 1. The van der Waals surface area contributed by atoms with Crippen LogP contribution in [0, 0.1) is 5.92 Å². The number of primary amides is 1. The molecule has 1 fully saturated rings. The Kier molecular flexibility index (Phi) is 5.42. The van der Waals surface area contributed by atoms with Gasteiger partial charge in [0.15, 0.2) is 0 Å². The molecule has 2 amide bonds. The first kappa shape index (κ1) is 17.9. The molecule has 1 aromatic rings. The molecule has 2 aliphatic rings. The Hall–Kier alpha value is -1.89. The average Bonchev–Trinajstić information content (AvgIpc) is 3.01. The number of hydrogen-bond donors (Lipinski definition) is 1. The van der Waals surface area contributed by atoms with Crippen molar-refractivity contribution in [1.82, 2.24) is 4.90 Å². The summed E-state index contributed by atoms with van der Waals surface area (Å²) < 4.78 is 5.07. The third kappa shape index (κ3) is 3.56. The number of piperidine rings is 1. The molecule has 136 valence electrons. The number of esters is 1. The number of nitrogens with two attached hydrogens (primary N) is 1. The second-order valence-electron chi connectivity index (χ2n) is 6.60. The van der Waals surface area contributed by atoms with Gasteiger partial charge in [0.1, 0.15) is 4.88 Å². The fraction of sp³-hybridized carbons (Fsp3) is 0.611. The smallest absolute Gasteiger partial charge is 0.309 e. The number of carbonyl (C=O) groups excluding carboxylic acids is 3. The molecule has 25 heavy (non-hydrogen) atoms. The van der Waals surface area contributed by atoms with Crippen molar-refractivity contribution in [2.75, 3.05) is 19.7 Å². The van der Waals surface area contributed by atoms with Crippen molar-refractivity contribution in [3.63, 3.8) is 0 Å². The van der Waals surface area contributed by atoms with E-state index in [2.05, 4.69) is 0 Å². The minimum Gasteiger partial charge on any atom is -0.466 e. The molecule has 1 aliphatic heterocycles. The van der Waals surface area contributed by atoms with E-state index in [-0.39, 0.29) is 17.8 Å². The summed E-state index contributed by atoms with van der Waals surface area (Å²) in [7, 11) is 0. The third-order valence-electron chi connectivity index (χ3n) is 5.01. The molecular weight excluding hydrogens is 340 g/mol. The molecular formula is C18H24N2O4S. The third-order valence-corrected chi connectivity index (χ3v) is 6.32. The number of hydrogen-bond acceptors (Lipinski definition) is 5. The number of likely N-dealkylation sites (tertiary alicyclic amines) is 1. The lowest BCUT2D eigenvalue weighted by atomic mass is 9.92. The molecule has 0 unspecified atom stereocenters. The molecule has 0 radical (unpaired) electrons. The molecule has 1 saturated heterocycles. The predicted octanol–water partition coefficient (Wildman–Crippen LogP) is 2.14. The van der Waals surface area contributed by atoms with Gasteiger partial charge < -0.3 is 15.4 Å². The van der Waals surface area contributed by atoms with Gasteiger partial charge in [0.05, 0.1) is 18.1 Å². The van der Waals surface area contributed by atoms with Crippen LogP contribution in [0.3, 0.4) is 0 Å². The zero-order valence-corrected chi connectivity index (χ0v) is 15.3. The predicted molar refractivity (Wildman–Crippen MR) is 94.7 cm³/mol. The first-order valence-corrected chi connectivity index (χ1v) is 9.74. The highest BCUT2D eigenvalue weighted by Crippen LogP contribution is 2.35. The van der Waals surface area contributed by atoms with E-state index in [0.717, 1.165) is 36.1 Å². The maximum Gasteiger partial charge on any atom is 0.309 e. The van der Waals surface area contributed by atoms with Gasteiger partial charge in [-0.25, -0.2) is 0 Å². The zero-order valence-electron chi connectivity index (χ0n) is 14.5. The van der Waals surface area contributed by atoms with E-state index in [9.17, 15) is 14.4 Å². The SMILES string of the molecule is CCOC(=O)C1CCN(C(=O)c2c(C(N)=O)sc3c2CCCC3)CC1. The molecule has 7 heteroatoms. The number of thiophene rings is 1. The van der Waals surface area contributed by atoms with Gasteiger partial charge in [-0.3, -0.25) is 14.4 Å². The van der Waals surface area contributed by atoms with Crippen LogP contribution in [0.4, 0.5) is 0 Å². The molecule has 3 rings (SSSR count). The van der Waals surface area contributed by atoms with Gasteiger partial charge in [-0.2, -0.15) is 0 Å². The minimum absolute atomic E-state index is 0.115. The van der Waals surface area contributed by atoms with Crippen LogP contribution in [-0.4, -0.2) is 42.4 Å². The largest absolute Gasteiger partial charge is 0.466 e. The summed E-state index contributed by atoms with van der Waals surface area (Å²) in [6, 6.07) is 0. The van der Waals surface area contributed by atoms with E-state index in [1.54, 1.807) is 11.8 Å². The highest BCUT2D eigenvalue weighted by atomic mass is 32.1. The topological polar surface area (TPSA) is 89.7 Å². The van der Waals surface area contributed by atoms with Crippen molar-refractivity contribution in [2.24, 2.45) is 11.7 Å². The lowest BCUT2D eigenvalue weighted by Gasteiger charge is -2.31. The summed E-state index contributed by atoms with van der Waals surface area (Å²) in [5, 5.41) is 0. The van der Waals surface area contributed by atoms with Gasteiger partial charge in [0, 0.05) is 18.0 Å². The van der Waals surface area contributed by atoms with Crippen molar-refractivity contribution in [2.45, 2.75) is 45.4 Å². The van der Waals surface area contributed by atoms with Gasteiger partial charge in [0.25, 0.3) is 11.8 Å². The summed E-state index contributed by atoms with van der Waals surface area (Å²) in [6.45, 7) is 3.18. The van der Waals surface area contributed by atoms with E-state index in [4.69, 9.17) is 10.5 Å². The summed E-state index contributed by atoms with van der Waals surface area (Å²) in [4.78, 5) is 40.0. The fourth-order valence-electron chi connectivity index (χ4n) is 3.70. The van der Waals surface area contributed by atoms with Crippen molar-refractivity contribution in [3.8, 4) is 0 Å². The lowest BCUT2D eigenvalue weighted by Crippen LogP contribution is -2.41. The van der Waals surface area contributed by atoms with Crippen molar-refractivity contribution in [3.05, 3.63) is 20.9 Å². The maximum absolute atomic E-state index is 13.1. The van der Waals surface area contributed by atoms with E-state index in [1.165, 1.54) is 11.3 Å². The second kappa shape index (κ2) is 7.56. The number of nitrogens with zero attached hydrogens (tertiary/aromatic N) is 1. The van der Waals surface area contributed by atoms with Crippen molar-refractivity contribution in [1.29, 1.82) is 0 Å². The summed E-state index contributed by atoms with van der Waals surface area (Å²) in [5.74, 6) is -0.962. The highest BCUT2D eigenvalue weighted by Gasteiger charge is 2.33. The Morgan fingerprint density at radius 3 is 2.52 bits per heavy atom. The molecule has 0 spiro atoms. The van der Waals surface area contributed by atoms with Crippen molar-refractivity contribution < 1.29 is 19.1 Å². The normalized spacial score (nSPS) is 17.9. The quantitative estimate of drug-likeness (QED) is 0.829. The Bertz CT molecular complexity index is 689. The number of aryl methyl sites for hydroxylation is 1. The van der Waals surface area contributed by atoms with Gasteiger partial charge >= 0.3 is 5.97 Å². The van der Waals surface area contributed by atoms with Crippen LogP contribution in [0.15, 0.2) is 0 Å². The molecule has 0 saturated carbocycles. The van der Waals surface area contributed by atoms with Gasteiger partial charge in [-0.1, -0.05) is 0 Å². The molecule has 0 atom stereocenters. The van der Waals surface area contributed by atoms with Gasteiger partial charge in [-0.05, 0) is 51.0 Å². The Morgan fingerprint density at radius 2 is 1.88 bits per heavy atom. The van der Waals surface area contributed by atoms with Gasteiger partial charge in [-0.15, -0.1) is 11.3 Å². The molecule has 0 bridgehead atoms. The fourth-order valence-corrected chi connectivity index (χ4v) is 4.94. The zero-order chi connectivity index (χ0) is 18.0. The van der Waals surface area contributed by atoms with E-state index >= 15 is 0 Å². The Labute approximate surface area is 151 Å². The van der Waals surface area contributed by atoms with Crippen LogP contribution in [0.25, 0.3) is 0 Å². The summed E-state index contributed by atoms with van der Waals surface area (Å²) in [6.07, 6.45) is 5.07. The maximum atomic E-state index is 13.1. The summed E-state index contributed by atoms with van der Waals surface area (Å²) in [5.41, 5.74) is 7.06. The molecule has 6 nitrogen and oxygen atoms in total. The molecule has 0 aromatic carbocycles. The average molecular weight is 364 g/mol. The second-order valence-corrected chi connectivity index (χ2v) is 7.70. The van der Waals surface area contributed by atoms with E-state index in [0.29, 0.717) is 43.0 Å². The number of amides is 2. The summed E-state index contributed by atoms with van der Waals surface area (Å²) >= 11 is 1.38. The first-order valence-electron chi connectivity index (χ1n) is 8.93. The molecule has 1 aromatic heterocycles. The molecule has 1 aliphatic carbocycles. The number of ether oxygens (including phenoxy) is 1. The standard InChI is InChI=1S/C18H24N2O4S/c1-2-24-18(23)11-7-9-20(10-8-11)17(22)14-12-5-3-4-6-13(12)25-15(14)16(19)21/h11H,2-10H2,1H3,(H2,19,21). The van der Waals surface area contributed by atoms with Crippen LogP contribution in [0.1, 0.15) is 63.1 Å². The minimum atomic E-state index is -0.524. The van der Waals surface area contributed by atoms with Gasteiger partial charge in [0.2, 0.25) is 0 Å².